The molecule has 0 unspecified atom stereocenters. The van der Waals surface area contributed by atoms with Crippen LogP contribution in [0.4, 0.5) is 0 Å². The minimum absolute atomic E-state index is 0. The van der Waals surface area contributed by atoms with Crippen molar-refractivity contribution in [3.8, 4) is 0 Å². The fourth-order valence-corrected chi connectivity index (χ4v) is 0. The molecule has 0 atom stereocenters. The Kier molecular flexibility index (Phi) is 12300. The Balaban J connectivity index is 0. The Hall–Kier alpha value is 1.86. The first kappa shape index (κ1) is 403. The van der Waals surface area contributed by atoms with Crippen LogP contribution in [0.25, 0.3) is 0 Å². The van der Waals surface area contributed by atoms with Crippen LogP contribution in [0.15, 0.2) is 0 Å². The molecule has 0 rings (SSSR count). The summed E-state index contributed by atoms with van der Waals surface area (Å²) in [7, 11) is 0. The molecular weight excluding hydrogens is 262 g/mol. The summed E-state index contributed by atoms with van der Waals surface area (Å²) in [6.07, 6.45) is 0. The van der Waals surface area contributed by atoms with Crippen molar-refractivity contribution in [2.24, 2.45) is 0 Å². The Labute approximate surface area is 101 Å². The summed E-state index contributed by atoms with van der Waals surface area (Å²) in [5.74, 6) is 0. The molecule has 0 bridgehead atoms. The fraction of sp³-hybridized carbons (Fsp3) is 0. The van der Waals surface area contributed by atoms with E-state index in [0.717, 1.165) is 0 Å². The molecule has 0 aromatic rings. The fourth-order valence-electron chi connectivity index (χ4n) is 0. The van der Waals surface area contributed by atoms with Crippen LogP contribution < -0.4 is 0 Å². The van der Waals surface area contributed by atoms with E-state index in [4.69, 9.17) is 0 Å². The molecule has 10 heavy (non-hydrogen) atoms. The van der Waals surface area contributed by atoms with Gasteiger partial charge in [0.25, 0.3) is 0 Å². The molecule has 0 spiro atoms. The van der Waals surface area contributed by atoms with E-state index in [-0.39, 0.29) is 102 Å². The van der Waals surface area contributed by atoms with Gasteiger partial charge in [-0.3, -0.25) is 0 Å². The van der Waals surface area contributed by atoms with Crippen molar-refractivity contribution in [3.63, 3.8) is 0 Å². The van der Waals surface area contributed by atoms with Crippen LogP contribution in [0.2, 0.25) is 0 Å². The van der Waals surface area contributed by atoms with E-state index < -0.39 is 0 Å². The molecule has 58 valence electrons. The quantitative estimate of drug-likeness (QED) is 0.463. The van der Waals surface area contributed by atoms with Crippen LogP contribution in [0, 0.1) is 0 Å². The zero-order chi connectivity index (χ0) is 0. The Morgan fingerprint density at radius 1 is 0.300 bits per heavy atom. The second-order valence-electron chi connectivity index (χ2n) is 0. The minimum atomic E-state index is 0. The van der Waals surface area contributed by atoms with Gasteiger partial charge in [0.2, 0.25) is 0 Å². The van der Waals surface area contributed by atoms with Gasteiger partial charge in [-0.2, -0.15) is 0 Å². The summed E-state index contributed by atoms with van der Waals surface area (Å²) < 4.78 is 0. The van der Waals surface area contributed by atoms with Crippen LogP contribution in [0.1, 0.15) is 0 Å². The largest absolute Gasteiger partial charge is 3.00 e. The zero-order valence-corrected chi connectivity index (χ0v) is 8.83. The second-order valence-corrected chi connectivity index (χ2v) is 0. The predicted octanol–water partition coefficient (Wildman–Crippen LogP) is -1.48. The minimum Gasteiger partial charge on any atom is -2.00 e. The summed E-state index contributed by atoms with van der Waals surface area (Å²) in [6, 6.07) is 0. The molecule has 0 aliphatic carbocycles. The molecule has 0 amide bonds. The molecule has 2 radical (unpaired) electrons. The molecule has 0 N–H and O–H groups in total. The number of rotatable bonds is 0. The Morgan fingerprint density at radius 2 is 0.300 bits per heavy atom. The van der Waals surface area contributed by atoms with E-state index in [2.05, 4.69) is 0 Å². The van der Waals surface area contributed by atoms with Crippen LogP contribution in [-0.4, -0.2) is 34.7 Å². The summed E-state index contributed by atoms with van der Waals surface area (Å²) in [6.45, 7) is 0. The van der Waals surface area contributed by atoms with E-state index >= 15 is 0 Å². The van der Waals surface area contributed by atoms with Crippen molar-refractivity contribution in [3.05, 3.63) is 0 Å². The molecular formula is Al2Fe2O6. The summed E-state index contributed by atoms with van der Waals surface area (Å²) in [5, 5.41) is 0. The van der Waals surface area contributed by atoms with Crippen LogP contribution in [-0.2, 0) is 67.0 Å². The molecule has 0 aliphatic heterocycles. The van der Waals surface area contributed by atoms with Gasteiger partial charge in [-0.05, 0) is 0 Å². The summed E-state index contributed by atoms with van der Waals surface area (Å²) >= 11 is 0. The van der Waals surface area contributed by atoms with Crippen molar-refractivity contribution >= 4 is 34.7 Å². The molecule has 0 aromatic heterocycles. The molecule has 6 nitrogen and oxygen atoms in total. The molecule has 0 aromatic carbocycles. The first-order chi connectivity index (χ1) is 0. The van der Waals surface area contributed by atoms with Crippen LogP contribution >= 0.6 is 0 Å². The van der Waals surface area contributed by atoms with Crippen molar-refractivity contribution in [2.75, 3.05) is 0 Å². The summed E-state index contributed by atoms with van der Waals surface area (Å²) in [4.78, 5) is 0. The predicted molar refractivity (Wildman–Crippen MR) is 15.6 cm³/mol. The molecule has 10 heteroatoms. The maximum absolute atomic E-state index is 0. The Bertz CT molecular complexity index is 13.7. The van der Waals surface area contributed by atoms with E-state index in [0.29, 0.717) is 0 Å². The average Bonchev–Trinajstić information content (AvgIpc) is 0. The Morgan fingerprint density at radius 3 is 0.300 bits per heavy atom. The maximum Gasteiger partial charge on any atom is 3.00 e. The van der Waals surface area contributed by atoms with Gasteiger partial charge in [-0.15, -0.1) is 0 Å². The number of hydrogen-bond donors (Lipinski definition) is 0. The van der Waals surface area contributed by atoms with Gasteiger partial charge in [0, 0.05) is 0 Å². The third kappa shape index (κ3) is 223. The van der Waals surface area contributed by atoms with Gasteiger partial charge in [0.15, 0.2) is 0 Å². The topological polar surface area (TPSA) is 171 Å². The van der Waals surface area contributed by atoms with Crippen molar-refractivity contribution in [1.82, 2.24) is 0 Å². The van der Waals surface area contributed by atoms with Gasteiger partial charge >= 0.3 is 68.9 Å². The molecule has 0 fully saturated rings. The van der Waals surface area contributed by atoms with Crippen LogP contribution in [0.5, 0.6) is 0 Å². The SMILES string of the molecule is [Al+3].[Al+3].[Fe+3].[Fe+3].[O-2].[O-2].[O-2].[O-2].[O-2].[O-2]. The normalized spacial score (nSPS) is 0. The monoisotopic (exact) mass is 262 g/mol. The van der Waals surface area contributed by atoms with E-state index in [9.17, 15) is 0 Å². The van der Waals surface area contributed by atoms with Gasteiger partial charge in [-0.25, -0.2) is 0 Å². The zero-order valence-electron chi connectivity index (χ0n) is 4.31. The van der Waals surface area contributed by atoms with Crippen molar-refractivity contribution in [1.29, 1.82) is 0 Å². The smallest absolute Gasteiger partial charge is 2.00 e. The third-order valence-corrected chi connectivity index (χ3v) is 0. The van der Waals surface area contributed by atoms with E-state index in [1.165, 1.54) is 0 Å². The van der Waals surface area contributed by atoms with Crippen LogP contribution in [0.3, 0.4) is 0 Å². The molecule has 0 heterocycles. The van der Waals surface area contributed by atoms with Gasteiger partial charge in [-0.1, -0.05) is 0 Å². The van der Waals surface area contributed by atoms with Gasteiger partial charge in [0.1, 0.15) is 0 Å². The van der Waals surface area contributed by atoms with E-state index in [1.54, 1.807) is 0 Å². The third-order valence-electron chi connectivity index (χ3n) is 0. The number of hydrogen-bond acceptors (Lipinski definition) is 0. The van der Waals surface area contributed by atoms with E-state index in [1.807, 2.05) is 0 Å². The second kappa shape index (κ2) is 304. The van der Waals surface area contributed by atoms with Crippen molar-refractivity contribution in [2.45, 2.75) is 0 Å². The molecule has 0 saturated carbocycles. The standard InChI is InChI=1S/2Al.2Fe.6O/q4*+3;6*-2. The summed E-state index contributed by atoms with van der Waals surface area (Å²) in [5.41, 5.74) is 0. The first-order valence-electron chi connectivity index (χ1n) is 0. The van der Waals surface area contributed by atoms with Crippen molar-refractivity contribution < 1.29 is 67.0 Å². The average molecular weight is 262 g/mol. The molecule has 0 saturated heterocycles. The van der Waals surface area contributed by atoms with Gasteiger partial charge < -0.3 is 32.9 Å². The molecule has 0 aliphatic rings. The first-order valence-corrected chi connectivity index (χ1v) is 0. The maximum atomic E-state index is 0. The van der Waals surface area contributed by atoms with Gasteiger partial charge in [0.05, 0.1) is 0 Å².